The van der Waals surface area contributed by atoms with Crippen LogP contribution in [0.3, 0.4) is 0 Å². The number of halogens is 1. The molecule has 0 aliphatic heterocycles. The fourth-order valence-electron chi connectivity index (χ4n) is 2.53. The van der Waals surface area contributed by atoms with Gasteiger partial charge in [0.25, 0.3) is 0 Å². The molecule has 2 nitrogen and oxygen atoms in total. The standard InChI is InChI=1S/C15H20BrNO/c1-10(18)14-7-4-12(16)8-15(14)17(13-5-6-13)9-11-2-3-11/h4,7-8,10-11,13,18H,2-3,5-6,9H2,1H3. The van der Waals surface area contributed by atoms with Crippen molar-refractivity contribution < 1.29 is 5.11 Å². The number of hydrogen-bond acceptors (Lipinski definition) is 2. The van der Waals surface area contributed by atoms with Gasteiger partial charge in [0.15, 0.2) is 0 Å². The largest absolute Gasteiger partial charge is 0.389 e. The van der Waals surface area contributed by atoms with Crippen LogP contribution in [0.2, 0.25) is 0 Å². The first-order chi connectivity index (χ1) is 8.65. The third kappa shape index (κ3) is 2.72. The number of aliphatic hydroxyl groups is 1. The van der Waals surface area contributed by atoms with Crippen molar-refractivity contribution in [1.29, 1.82) is 0 Å². The van der Waals surface area contributed by atoms with Gasteiger partial charge in [0.05, 0.1) is 6.10 Å². The van der Waals surface area contributed by atoms with Gasteiger partial charge < -0.3 is 10.0 Å². The highest BCUT2D eigenvalue weighted by Crippen LogP contribution is 2.40. The normalized spacial score (nSPS) is 20.8. The first kappa shape index (κ1) is 12.5. The Kier molecular flexibility index (Phi) is 3.37. The quantitative estimate of drug-likeness (QED) is 0.892. The number of anilines is 1. The highest BCUT2D eigenvalue weighted by molar-refractivity contribution is 9.10. The molecule has 3 rings (SSSR count). The Labute approximate surface area is 117 Å². The molecule has 18 heavy (non-hydrogen) atoms. The average molecular weight is 310 g/mol. The molecule has 2 aliphatic carbocycles. The van der Waals surface area contributed by atoms with Crippen LogP contribution in [0.5, 0.6) is 0 Å². The summed E-state index contributed by atoms with van der Waals surface area (Å²) in [5.74, 6) is 0.881. The van der Waals surface area contributed by atoms with Gasteiger partial charge in [0.1, 0.15) is 0 Å². The van der Waals surface area contributed by atoms with Gasteiger partial charge >= 0.3 is 0 Å². The molecule has 1 N–H and O–H groups in total. The molecule has 1 aromatic carbocycles. The number of benzene rings is 1. The smallest absolute Gasteiger partial charge is 0.0782 e. The second-order valence-electron chi connectivity index (χ2n) is 5.71. The molecule has 2 aliphatic rings. The summed E-state index contributed by atoms with van der Waals surface area (Å²) in [6.45, 7) is 3.02. The number of hydrogen-bond donors (Lipinski definition) is 1. The van der Waals surface area contributed by atoms with Gasteiger partial charge in [-0.1, -0.05) is 22.0 Å². The van der Waals surface area contributed by atoms with Gasteiger partial charge in [-0.2, -0.15) is 0 Å². The summed E-state index contributed by atoms with van der Waals surface area (Å²) in [6.07, 6.45) is 4.97. The van der Waals surface area contributed by atoms with Crippen molar-refractivity contribution in [3.63, 3.8) is 0 Å². The van der Waals surface area contributed by atoms with E-state index in [1.165, 1.54) is 37.9 Å². The SMILES string of the molecule is CC(O)c1ccc(Br)cc1N(CC1CC1)C1CC1. The molecule has 0 radical (unpaired) electrons. The van der Waals surface area contributed by atoms with Crippen LogP contribution >= 0.6 is 15.9 Å². The molecular formula is C15H20BrNO. The monoisotopic (exact) mass is 309 g/mol. The maximum atomic E-state index is 9.95. The molecule has 3 heteroatoms. The van der Waals surface area contributed by atoms with E-state index < -0.39 is 6.10 Å². The van der Waals surface area contributed by atoms with Gasteiger partial charge in [0.2, 0.25) is 0 Å². The summed E-state index contributed by atoms with van der Waals surface area (Å²) in [5.41, 5.74) is 2.29. The van der Waals surface area contributed by atoms with Crippen LogP contribution in [0.1, 0.15) is 44.3 Å². The van der Waals surface area contributed by atoms with Crippen molar-refractivity contribution in [3.05, 3.63) is 28.2 Å². The lowest BCUT2D eigenvalue weighted by atomic mass is 10.1. The molecule has 0 bridgehead atoms. The van der Waals surface area contributed by atoms with Crippen LogP contribution in [-0.2, 0) is 0 Å². The van der Waals surface area contributed by atoms with Crippen LogP contribution in [0.4, 0.5) is 5.69 Å². The second kappa shape index (κ2) is 4.86. The zero-order valence-corrected chi connectivity index (χ0v) is 12.4. The summed E-state index contributed by atoms with van der Waals surface area (Å²) in [6, 6.07) is 6.94. The molecular weight excluding hydrogens is 290 g/mol. The Morgan fingerprint density at radius 3 is 2.61 bits per heavy atom. The van der Waals surface area contributed by atoms with Crippen LogP contribution in [0.25, 0.3) is 0 Å². The molecule has 0 amide bonds. The Morgan fingerprint density at radius 1 is 1.33 bits per heavy atom. The summed E-state index contributed by atoms with van der Waals surface area (Å²) in [5, 5.41) is 9.95. The van der Waals surface area contributed by atoms with Crippen molar-refractivity contribution in [2.75, 3.05) is 11.4 Å². The van der Waals surface area contributed by atoms with Gasteiger partial charge in [-0.15, -0.1) is 0 Å². The summed E-state index contributed by atoms with van der Waals surface area (Å²) in [4.78, 5) is 2.53. The molecule has 0 saturated heterocycles. The van der Waals surface area contributed by atoms with E-state index in [1.807, 2.05) is 19.1 Å². The topological polar surface area (TPSA) is 23.5 Å². The minimum atomic E-state index is -0.395. The van der Waals surface area contributed by atoms with E-state index in [0.29, 0.717) is 6.04 Å². The third-order valence-corrected chi connectivity index (χ3v) is 4.38. The lowest BCUT2D eigenvalue weighted by Crippen LogP contribution is -2.29. The van der Waals surface area contributed by atoms with E-state index in [9.17, 15) is 5.11 Å². The van der Waals surface area contributed by atoms with Crippen molar-refractivity contribution >= 4 is 21.6 Å². The lowest BCUT2D eigenvalue weighted by Gasteiger charge is -2.28. The molecule has 0 heterocycles. The van der Waals surface area contributed by atoms with Crippen LogP contribution in [0.15, 0.2) is 22.7 Å². The van der Waals surface area contributed by atoms with Crippen LogP contribution < -0.4 is 4.90 Å². The lowest BCUT2D eigenvalue weighted by molar-refractivity contribution is 0.199. The first-order valence-electron chi connectivity index (χ1n) is 6.89. The van der Waals surface area contributed by atoms with E-state index in [4.69, 9.17) is 0 Å². The molecule has 0 spiro atoms. The number of aliphatic hydroxyl groups excluding tert-OH is 1. The molecule has 1 aromatic rings. The minimum absolute atomic E-state index is 0.395. The van der Waals surface area contributed by atoms with Crippen molar-refractivity contribution in [3.8, 4) is 0 Å². The maximum absolute atomic E-state index is 9.95. The van der Waals surface area contributed by atoms with Crippen LogP contribution in [0, 0.1) is 5.92 Å². The highest BCUT2D eigenvalue weighted by Gasteiger charge is 2.35. The summed E-state index contributed by atoms with van der Waals surface area (Å²) in [7, 11) is 0. The fraction of sp³-hybridized carbons (Fsp3) is 0.600. The average Bonchev–Trinajstić information content (AvgIpc) is 3.18. The Hall–Kier alpha value is -0.540. The van der Waals surface area contributed by atoms with Gasteiger partial charge in [0, 0.05) is 28.3 Å². The summed E-state index contributed by atoms with van der Waals surface area (Å²) >= 11 is 3.56. The Bertz CT molecular complexity index is 438. The van der Waals surface area contributed by atoms with E-state index in [2.05, 4.69) is 26.9 Å². The second-order valence-corrected chi connectivity index (χ2v) is 6.62. The molecule has 2 saturated carbocycles. The molecule has 2 fully saturated rings. The molecule has 1 atom stereocenters. The first-order valence-corrected chi connectivity index (χ1v) is 7.68. The highest BCUT2D eigenvalue weighted by atomic mass is 79.9. The van der Waals surface area contributed by atoms with Crippen LogP contribution in [-0.4, -0.2) is 17.7 Å². The van der Waals surface area contributed by atoms with Gasteiger partial charge in [-0.3, -0.25) is 0 Å². The van der Waals surface area contributed by atoms with Crippen molar-refractivity contribution in [2.45, 2.75) is 44.8 Å². The zero-order chi connectivity index (χ0) is 12.7. The number of rotatable bonds is 5. The van der Waals surface area contributed by atoms with Crippen molar-refractivity contribution in [1.82, 2.24) is 0 Å². The summed E-state index contributed by atoms with van der Waals surface area (Å²) < 4.78 is 1.10. The fourth-order valence-corrected chi connectivity index (χ4v) is 2.88. The van der Waals surface area contributed by atoms with Gasteiger partial charge in [-0.25, -0.2) is 0 Å². The van der Waals surface area contributed by atoms with Gasteiger partial charge in [-0.05, 0) is 50.7 Å². The van der Waals surface area contributed by atoms with E-state index in [-0.39, 0.29) is 0 Å². The molecule has 0 aromatic heterocycles. The van der Waals surface area contributed by atoms with E-state index in [1.54, 1.807) is 0 Å². The van der Waals surface area contributed by atoms with Crippen molar-refractivity contribution in [2.24, 2.45) is 5.92 Å². The third-order valence-electron chi connectivity index (χ3n) is 3.89. The maximum Gasteiger partial charge on any atom is 0.0782 e. The number of nitrogens with zero attached hydrogens (tertiary/aromatic N) is 1. The minimum Gasteiger partial charge on any atom is -0.389 e. The zero-order valence-electron chi connectivity index (χ0n) is 10.8. The Balaban J connectivity index is 1.92. The molecule has 1 unspecified atom stereocenters. The Morgan fingerprint density at radius 2 is 2.06 bits per heavy atom. The van der Waals surface area contributed by atoms with E-state index in [0.717, 1.165) is 16.0 Å². The van der Waals surface area contributed by atoms with E-state index >= 15 is 0 Å². The molecule has 98 valence electrons. The predicted octanol–water partition coefficient (Wildman–Crippen LogP) is 3.88. The predicted molar refractivity (Wildman–Crippen MR) is 77.9 cm³/mol.